The zero-order valence-electron chi connectivity index (χ0n) is 9.65. The molecule has 0 spiro atoms. The van der Waals surface area contributed by atoms with Crippen LogP contribution in [0.25, 0.3) is 10.2 Å². The van der Waals surface area contributed by atoms with E-state index in [0.29, 0.717) is 0 Å². The molecule has 0 aliphatic heterocycles. The van der Waals surface area contributed by atoms with Crippen LogP contribution < -0.4 is 5.73 Å². The van der Waals surface area contributed by atoms with Gasteiger partial charge in [-0.15, -0.1) is 23.7 Å². The Morgan fingerprint density at radius 1 is 1.11 bits per heavy atom. The molecule has 0 bridgehead atoms. The minimum absolute atomic E-state index is 0. The number of thiophene rings is 1. The number of halogens is 1. The molecule has 0 atom stereocenters. The Morgan fingerprint density at radius 3 is 2.05 bits per heavy atom. The maximum absolute atomic E-state index is 7.23. The molecule has 0 radical (unpaired) electrons. The van der Waals surface area contributed by atoms with Gasteiger partial charge in [-0.25, -0.2) is 4.98 Å². The molecule has 11 heteroatoms. The molecule has 0 aliphatic rings. The van der Waals surface area contributed by atoms with Crippen molar-refractivity contribution < 1.29 is 32.9 Å². The van der Waals surface area contributed by atoms with Crippen LogP contribution >= 0.6 is 23.7 Å². The summed E-state index contributed by atoms with van der Waals surface area (Å²) in [5.74, 6) is 0.109. The molecule has 9 nitrogen and oxygen atoms in total. The molecule has 15 N–H and O–H groups in total. The predicted molar refractivity (Wildman–Crippen MR) is 79.6 cm³/mol. The summed E-state index contributed by atoms with van der Waals surface area (Å²) in [5.41, 5.74) is 5.34. The summed E-state index contributed by atoms with van der Waals surface area (Å²) in [4.78, 5) is 5.86. The van der Waals surface area contributed by atoms with Gasteiger partial charge in [0, 0.05) is 11.6 Å². The van der Waals surface area contributed by atoms with Crippen molar-refractivity contribution in [1.82, 2.24) is 4.98 Å². The van der Waals surface area contributed by atoms with E-state index in [2.05, 4.69) is 4.98 Å². The van der Waals surface area contributed by atoms with Crippen LogP contribution in [-0.4, -0.2) is 43.7 Å². The molecule has 2 aromatic rings. The number of aromatic nitrogens is 1. The van der Waals surface area contributed by atoms with E-state index in [1.54, 1.807) is 6.20 Å². The van der Waals surface area contributed by atoms with Crippen LogP contribution in [0.2, 0.25) is 0 Å². The molecule has 116 valence electrons. The van der Waals surface area contributed by atoms with Crippen molar-refractivity contribution in [2.45, 2.75) is 0 Å². The number of amidine groups is 1. The van der Waals surface area contributed by atoms with Gasteiger partial charge in [0.15, 0.2) is 0 Å². The molecular formula is C8H20ClN3O6S. The lowest BCUT2D eigenvalue weighted by Crippen LogP contribution is -2.08. The molecule has 0 aromatic carbocycles. The molecule has 0 amide bonds. The molecule has 2 aromatic heterocycles. The highest BCUT2D eigenvalue weighted by Gasteiger charge is 2.02. The standard InChI is InChI=1S/C8H7N3S.ClH.6H2O/c9-7(10)6-4-5-2-1-3-11-8(5)12-6;;;;;;;/h1-4H,(H3,9,10);1H;6*1H2. The number of pyridine rings is 1. The van der Waals surface area contributed by atoms with E-state index in [0.717, 1.165) is 15.1 Å². The highest BCUT2D eigenvalue weighted by molar-refractivity contribution is 7.20. The Balaban J connectivity index is -0.0000000604. The molecule has 19 heavy (non-hydrogen) atoms. The lowest BCUT2D eigenvalue weighted by atomic mass is 10.3. The van der Waals surface area contributed by atoms with Crippen LogP contribution in [0.4, 0.5) is 0 Å². The molecule has 0 unspecified atom stereocenters. The van der Waals surface area contributed by atoms with Crippen molar-refractivity contribution >= 4 is 39.8 Å². The number of hydrogen-bond donors (Lipinski definition) is 2. The van der Waals surface area contributed by atoms with E-state index in [-0.39, 0.29) is 51.1 Å². The van der Waals surface area contributed by atoms with Gasteiger partial charge in [-0.1, -0.05) is 6.07 Å². The topological polar surface area (TPSA) is 252 Å². The largest absolute Gasteiger partial charge is 0.412 e. The Bertz CT molecular complexity index is 422. The fourth-order valence-corrected chi connectivity index (χ4v) is 1.87. The highest BCUT2D eigenvalue weighted by Crippen LogP contribution is 2.22. The van der Waals surface area contributed by atoms with E-state index in [4.69, 9.17) is 11.1 Å². The third-order valence-corrected chi connectivity index (χ3v) is 2.65. The van der Waals surface area contributed by atoms with Gasteiger partial charge in [0.1, 0.15) is 10.7 Å². The number of hydrogen-bond acceptors (Lipinski definition) is 3. The third-order valence-electron chi connectivity index (χ3n) is 1.56. The lowest BCUT2D eigenvalue weighted by molar-refractivity contribution is 0.823. The van der Waals surface area contributed by atoms with E-state index in [1.165, 1.54) is 11.3 Å². The summed E-state index contributed by atoms with van der Waals surface area (Å²) in [7, 11) is 0. The van der Waals surface area contributed by atoms with E-state index in [9.17, 15) is 0 Å². The first-order chi connectivity index (χ1) is 5.77. The van der Waals surface area contributed by atoms with Gasteiger partial charge >= 0.3 is 0 Å². The summed E-state index contributed by atoms with van der Waals surface area (Å²) in [6.45, 7) is 0. The van der Waals surface area contributed by atoms with E-state index < -0.39 is 0 Å². The second kappa shape index (κ2) is 14.7. The number of nitrogens with zero attached hydrogens (tertiary/aromatic N) is 1. The van der Waals surface area contributed by atoms with Crippen molar-refractivity contribution in [3.63, 3.8) is 0 Å². The Kier molecular flexibility index (Phi) is 27.9. The van der Waals surface area contributed by atoms with E-state index in [1.807, 2.05) is 18.2 Å². The number of nitrogens with two attached hydrogens (primary N) is 1. The van der Waals surface area contributed by atoms with Crippen molar-refractivity contribution in [2.75, 3.05) is 0 Å². The number of fused-ring (bicyclic) bond motifs is 1. The van der Waals surface area contributed by atoms with Crippen molar-refractivity contribution in [3.05, 3.63) is 29.3 Å². The molecule has 2 rings (SSSR count). The average Bonchev–Trinajstić information content (AvgIpc) is 2.46. The van der Waals surface area contributed by atoms with Gasteiger partial charge in [-0.3, -0.25) is 5.41 Å². The Hall–Kier alpha value is -1.37. The fourth-order valence-electron chi connectivity index (χ4n) is 1.01. The zero-order chi connectivity index (χ0) is 8.55. The normalized spacial score (nSPS) is 6.53. The van der Waals surface area contributed by atoms with Crippen LogP contribution in [0.5, 0.6) is 0 Å². The maximum Gasteiger partial charge on any atom is 0.133 e. The summed E-state index contributed by atoms with van der Waals surface area (Å²) in [6.07, 6.45) is 1.74. The minimum atomic E-state index is 0. The summed E-state index contributed by atoms with van der Waals surface area (Å²) in [6, 6.07) is 5.72. The van der Waals surface area contributed by atoms with Gasteiger partial charge in [0.25, 0.3) is 0 Å². The van der Waals surface area contributed by atoms with Gasteiger partial charge in [0.05, 0.1) is 4.88 Å². The van der Waals surface area contributed by atoms with Crippen LogP contribution in [0, 0.1) is 5.41 Å². The number of nitrogen functional groups attached to an aromatic ring is 1. The van der Waals surface area contributed by atoms with Gasteiger partial charge < -0.3 is 38.6 Å². The predicted octanol–water partition coefficient (Wildman–Crippen LogP) is -2.95. The molecule has 0 fully saturated rings. The first-order valence-electron chi connectivity index (χ1n) is 3.46. The SMILES string of the molecule is Cl.N=C(N)c1cc2cccnc2s1.O.O.O.O.O.O. The minimum Gasteiger partial charge on any atom is -0.412 e. The van der Waals surface area contributed by atoms with Crippen LogP contribution in [0.15, 0.2) is 24.4 Å². The quantitative estimate of drug-likeness (QED) is 0.412. The van der Waals surface area contributed by atoms with Crippen molar-refractivity contribution in [3.8, 4) is 0 Å². The van der Waals surface area contributed by atoms with Crippen LogP contribution in [0.1, 0.15) is 4.88 Å². The Labute approximate surface area is 118 Å². The van der Waals surface area contributed by atoms with Crippen molar-refractivity contribution in [1.29, 1.82) is 5.41 Å². The molecule has 2 heterocycles. The fraction of sp³-hybridized carbons (Fsp3) is 0. The lowest BCUT2D eigenvalue weighted by Gasteiger charge is -1.85. The molecule has 0 saturated carbocycles. The van der Waals surface area contributed by atoms with Crippen LogP contribution in [0.3, 0.4) is 0 Å². The first kappa shape index (κ1) is 36.0. The molecule has 0 saturated heterocycles. The highest BCUT2D eigenvalue weighted by atomic mass is 35.5. The average molecular weight is 322 g/mol. The Morgan fingerprint density at radius 2 is 1.63 bits per heavy atom. The summed E-state index contributed by atoms with van der Waals surface area (Å²) in [5, 5.41) is 8.28. The summed E-state index contributed by atoms with van der Waals surface area (Å²) >= 11 is 1.44. The number of rotatable bonds is 1. The van der Waals surface area contributed by atoms with Gasteiger partial charge in [0.2, 0.25) is 0 Å². The smallest absolute Gasteiger partial charge is 0.133 e. The second-order valence-corrected chi connectivity index (χ2v) is 3.45. The zero-order valence-corrected chi connectivity index (χ0v) is 11.3. The number of nitrogens with one attached hydrogen (secondary N) is 1. The molecule has 0 aliphatic carbocycles. The summed E-state index contributed by atoms with van der Waals surface area (Å²) < 4.78 is 0. The molecular weight excluding hydrogens is 302 g/mol. The van der Waals surface area contributed by atoms with Crippen LogP contribution in [-0.2, 0) is 0 Å². The third kappa shape index (κ3) is 7.61. The monoisotopic (exact) mass is 321 g/mol. The van der Waals surface area contributed by atoms with Gasteiger partial charge in [-0.05, 0) is 12.1 Å². The second-order valence-electron chi connectivity index (χ2n) is 2.42. The van der Waals surface area contributed by atoms with Gasteiger partial charge in [-0.2, -0.15) is 0 Å². The van der Waals surface area contributed by atoms with E-state index >= 15 is 0 Å². The first-order valence-corrected chi connectivity index (χ1v) is 4.28. The van der Waals surface area contributed by atoms with Crippen molar-refractivity contribution in [2.24, 2.45) is 5.73 Å². The maximum atomic E-state index is 7.23.